The van der Waals surface area contributed by atoms with Gasteiger partial charge in [-0.25, -0.2) is 4.52 Å². The number of anilines is 1. The highest BCUT2D eigenvalue weighted by Gasteiger charge is 2.23. The summed E-state index contributed by atoms with van der Waals surface area (Å²) in [4.78, 5) is 6.99. The second-order valence-corrected chi connectivity index (χ2v) is 6.91. The predicted octanol–water partition coefficient (Wildman–Crippen LogP) is 2.71. The number of fused-ring (bicyclic) bond motifs is 1. The number of hydrogen-bond acceptors (Lipinski definition) is 4. The molecule has 0 aliphatic carbocycles. The highest BCUT2D eigenvalue weighted by atomic mass is 79.9. The summed E-state index contributed by atoms with van der Waals surface area (Å²) in [6.07, 6.45) is 4.44. The van der Waals surface area contributed by atoms with E-state index in [0.29, 0.717) is 12.0 Å². The van der Waals surface area contributed by atoms with Gasteiger partial charge in [0.15, 0.2) is 5.65 Å². The van der Waals surface area contributed by atoms with Crippen LogP contribution in [0, 0.1) is 5.92 Å². The van der Waals surface area contributed by atoms with Crippen molar-refractivity contribution in [2.45, 2.75) is 32.7 Å². The van der Waals surface area contributed by atoms with Crippen molar-refractivity contribution in [1.82, 2.24) is 19.9 Å². The van der Waals surface area contributed by atoms with E-state index in [1.807, 2.05) is 22.8 Å². The van der Waals surface area contributed by atoms with Crippen molar-refractivity contribution in [2.24, 2.45) is 5.92 Å². The molecule has 21 heavy (non-hydrogen) atoms. The molecule has 1 N–H and O–H groups in total. The molecule has 114 valence electrons. The van der Waals surface area contributed by atoms with Crippen LogP contribution in [0.1, 0.15) is 26.7 Å². The van der Waals surface area contributed by atoms with Crippen LogP contribution in [0.5, 0.6) is 0 Å². The fraction of sp³-hybridized carbons (Fsp3) is 0.600. The molecule has 1 atom stereocenters. The van der Waals surface area contributed by atoms with E-state index in [1.54, 1.807) is 0 Å². The van der Waals surface area contributed by atoms with Crippen molar-refractivity contribution < 1.29 is 0 Å². The summed E-state index contributed by atoms with van der Waals surface area (Å²) in [7, 11) is 0. The Morgan fingerprint density at radius 3 is 3.10 bits per heavy atom. The normalized spacial score (nSPS) is 19.6. The van der Waals surface area contributed by atoms with Crippen LogP contribution < -0.4 is 10.2 Å². The van der Waals surface area contributed by atoms with Crippen molar-refractivity contribution in [3.8, 4) is 0 Å². The summed E-state index contributed by atoms with van der Waals surface area (Å²) in [5.41, 5.74) is 0.884. The van der Waals surface area contributed by atoms with E-state index >= 15 is 0 Å². The van der Waals surface area contributed by atoms with Crippen molar-refractivity contribution in [1.29, 1.82) is 0 Å². The Kier molecular flexibility index (Phi) is 4.45. The summed E-state index contributed by atoms with van der Waals surface area (Å²) in [6, 6.07) is 4.52. The predicted molar refractivity (Wildman–Crippen MR) is 88.8 cm³/mol. The van der Waals surface area contributed by atoms with Crippen molar-refractivity contribution in [2.75, 3.05) is 24.5 Å². The molecule has 3 heterocycles. The van der Waals surface area contributed by atoms with Crippen LogP contribution in [-0.4, -0.2) is 40.3 Å². The molecule has 0 saturated carbocycles. The first-order valence-corrected chi connectivity index (χ1v) is 8.42. The number of pyridine rings is 1. The van der Waals surface area contributed by atoms with Crippen LogP contribution in [0.3, 0.4) is 0 Å². The summed E-state index contributed by atoms with van der Waals surface area (Å²) in [5.74, 6) is 1.52. The molecule has 0 radical (unpaired) electrons. The molecule has 3 rings (SSSR count). The van der Waals surface area contributed by atoms with Crippen molar-refractivity contribution >= 4 is 27.5 Å². The Labute approximate surface area is 133 Å². The van der Waals surface area contributed by atoms with E-state index in [9.17, 15) is 0 Å². The first-order chi connectivity index (χ1) is 10.1. The smallest absolute Gasteiger partial charge is 0.245 e. The molecule has 0 spiro atoms. The second kappa shape index (κ2) is 6.32. The standard InChI is InChI=1S/C15H22BrN5/c1-11(2)17-9-12-5-3-7-20(10-12)15-18-14-13(16)6-4-8-21(14)19-15/h4,6,8,11-12,17H,3,5,7,9-10H2,1-2H3. The van der Waals surface area contributed by atoms with E-state index in [1.165, 1.54) is 12.8 Å². The minimum absolute atomic E-state index is 0.546. The zero-order valence-corrected chi connectivity index (χ0v) is 14.2. The molecule has 0 aromatic carbocycles. The van der Waals surface area contributed by atoms with Crippen LogP contribution in [0.2, 0.25) is 0 Å². The zero-order chi connectivity index (χ0) is 14.8. The minimum Gasteiger partial charge on any atom is -0.339 e. The lowest BCUT2D eigenvalue weighted by molar-refractivity contribution is 0.377. The maximum absolute atomic E-state index is 4.68. The molecule has 0 bridgehead atoms. The lowest BCUT2D eigenvalue weighted by Gasteiger charge is -2.32. The highest BCUT2D eigenvalue weighted by Crippen LogP contribution is 2.23. The van der Waals surface area contributed by atoms with Gasteiger partial charge in [0.05, 0.1) is 4.47 Å². The van der Waals surface area contributed by atoms with Crippen LogP contribution in [-0.2, 0) is 0 Å². The molecular weight excluding hydrogens is 330 g/mol. The molecule has 1 aliphatic heterocycles. The lowest BCUT2D eigenvalue weighted by atomic mass is 9.98. The van der Waals surface area contributed by atoms with Crippen LogP contribution in [0.4, 0.5) is 5.95 Å². The Hall–Kier alpha value is -1.14. The first-order valence-electron chi connectivity index (χ1n) is 7.62. The van der Waals surface area contributed by atoms with Gasteiger partial charge in [0.1, 0.15) is 0 Å². The third kappa shape index (κ3) is 3.37. The minimum atomic E-state index is 0.546. The van der Waals surface area contributed by atoms with Gasteiger partial charge in [-0.1, -0.05) is 13.8 Å². The van der Waals surface area contributed by atoms with Crippen molar-refractivity contribution in [3.63, 3.8) is 0 Å². The zero-order valence-electron chi connectivity index (χ0n) is 12.6. The second-order valence-electron chi connectivity index (χ2n) is 6.05. The van der Waals surface area contributed by atoms with Gasteiger partial charge >= 0.3 is 0 Å². The highest BCUT2D eigenvalue weighted by molar-refractivity contribution is 9.10. The lowest BCUT2D eigenvalue weighted by Crippen LogP contribution is -2.41. The summed E-state index contributed by atoms with van der Waals surface area (Å²) in [6.45, 7) is 7.55. The van der Waals surface area contributed by atoms with E-state index in [-0.39, 0.29) is 0 Å². The number of nitrogens with one attached hydrogen (secondary N) is 1. The topological polar surface area (TPSA) is 45.5 Å². The average molecular weight is 352 g/mol. The van der Waals surface area contributed by atoms with Gasteiger partial charge in [0.25, 0.3) is 0 Å². The van der Waals surface area contributed by atoms with Gasteiger partial charge in [0.2, 0.25) is 5.95 Å². The first kappa shape index (κ1) is 14.8. The van der Waals surface area contributed by atoms with E-state index in [0.717, 1.165) is 35.7 Å². The number of hydrogen-bond donors (Lipinski definition) is 1. The molecule has 1 unspecified atom stereocenters. The molecule has 5 nitrogen and oxygen atoms in total. The molecule has 1 saturated heterocycles. The van der Waals surface area contributed by atoms with E-state index < -0.39 is 0 Å². The number of halogens is 1. The number of rotatable bonds is 4. The molecule has 1 aliphatic rings. The maximum atomic E-state index is 4.68. The van der Waals surface area contributed by atoms with Gasteiger partial charge in [-0.3, -0.25) is 0 Å². The summed E-state index contributed by atoms with van der Waals surface area (Å²) in [5, 5.41) is 8.15. The Bertz CT molecular complexity index is 609. The Morgan fingerprint density at radius 2 is 2.33 bits per heavy atom. The number of piperidine rings is 1. The van der Waals surface area contributed by atoms with E-state index in [2.05, 4.69) is 50.1 Å². The molecule has 2 aromatic rings. The monoisotopic (exact) mass is 351 g/mol. The van der Waals surface area contributed by atoms with Gasteiger partial charge in [-0.2, -0.15) is 4.98 Å². The Balaban J connectivity index is 1.74. The third-order valence-electron chi connectivity index (χ3n) is 3.92. The van der Waals surface area contributed by atoms with Gasteiger partial charge in [0, 0.05) is 25.3 Å². The summed E-state index contributed by atoms with van der Waals surface area (Å²) < 4.78 is 2.83. The molecule has 1 fully saturated rings. The molecular formula is C15H22BrN5. The fourth-order valence-corrected chi connectivity index (χ4v) is 3.23. The summed E-state index contributed by atoms with van der Waals surface area (Å²) >= 11 is 3.54. The Morgan fingerprint density at radius 1 is 1.48 bits per heavy atom. The van der Waals surface area contributed by atoms with E-state index in [4.69, 9.17) is 0 Å². The van der Waals surface area contributed by atoms with Crippen molar-refractivity contribution in [3.05, 3.63) is 22.8 Å². The quantitative estimate of drug-likeness (QED) is 0.919. The van der Waals surface area contributed by atoms with Crippen LogP contribution in [0.15, 0.2) is 22.8 Å². The van der Waals surface area contributed by atoms with Crippen LogP contribution >= 0.6 is 15.9 Å². The molecule has 2 aromatic heterocycles. The number of aromatic nitrogens is 3. The van der Waals surface area contributed by atoms with Gasteiger partial charge < -0.3 is 10.2 Å². The average Bonchev–Trinajstić information content (AvgIpc) is 2.91. The fourth-order valence-electron chi connectivity index (χ4n) is 2.81. The number of nitrogens with zero attached hydrogens (tertiary/aromatic N) is 4. The SMILES string of the molecule is CC(C)NCC1CCCN(c2nc3c(Br)cccn3n2)C1. The largest absolute Gasteiger partial charge is 0.339 e. The van der Waals surface area contributed by atoms with Crippen LogP contribution in [0.25, 0.3) is 5.65 Å². The molecule has 6 heteroatoms. The van der Waals surface area contributed by atoms with Gasteiger partial charge in [-0.15, -0.1) is 5.10 Å². The van der Waals surface area contributed by atoms with Gasteiger partial charge in [-0.05, 0) is 53.4 Å². The molecule has 0 amide bonds. The maximum Gasteiger partial charge on any atom is 0.245 e. The third-order valence-corrected chi connectivity index (χ3v) is 4.54.